The molecule has 0 unspecified atom stereocenters. The largest absolute Gasteiger partial charge is 1.00 e. The van der Waals surface area contributed by atoms with Crippen LogP contribution in [0.4, 0.5) is 0 Å². The normalized spacial score (nSPS) is 12.7. The maximum atomic E-state index is 12.9. The molecule has 13 heteroatoms. The molecule has 1 aliphatic heterocycles. The zero-order valence-corrected chi connectivity index (χ0v) is 23.4. The monoisotopic (exact) mass is 589 g/mol. The number of imidazole rings is 1. The standard InChI is InChI=1S/C25H30N6O6.BrH/c1-28-22-20(24(33)29(2)25(28)34)31(15-26-22)11-7-10-30-9-6-8-17(14-30)27-23(32)16-12-18(35-3)21(37-5)19(13-16)36-4;/h6,8,12-15H,7,9-11H2,1-5H3,(H,27,32);1H/p-1. The van der Waals surface area contributed by atoms with Crippen LogP contribution in [-0.2, 0) is 20.6 Å². The van der Waals surface area contributed by atoms with Gasteiger partial charge in [-0.2, -0.15) is 0 Å². The lowest BCUT2D eigenvalue weighted by Gasteiger charge is -2.23. The van der Waals surface area contributed by atoms with E-state index >= 15 is 0 Å². The molecule has 3 aromatic rings. The minimum atomic E-state index is -0.408. The van der Waals surface area contributed by atoms with Gasteiger partial charge in [0.15, 0.2) is 22.7 Å². The number of allylic oxidation sites excluding steroid dienone is 1. The second-order valence-electron chi connectivity index (χ2n) is 8.52. The predicted molar refractivity (Wildman–Crippen MR) is 137 cm³/mol. The summed E-state index contributed by atoms with van der Waals surface area (Å²) in [7, 11) is 7.55. The van der Waals surface area contributed by atoms with Crippen LogP contribution < -0.4 is 47.8 Å². The Balaban J connectivity index is 0.00000400. The second-order valence-corrected chi connectivity index (χ2v) is 8.52. The fourth-order valence-electron chi connectivity index (χ4n) is 4.26. The molecule has 0 fully saturated rings. The van der Waals surface area contributed by atoms with Gasteiger partial charge in [-0.1, -0.05) is 6.08 Å². The molecular weight excluding hydrogens is 560 g/mol. The van der Waals surface area contributed by atoms with Gasteiger partial charge in [-0.25, -0.2) is 9.78 Å². The molecule has 0 aliphatic carbocycles. The Hall–Kier alpha value is -4.00. The summed E-state index contributed by atoms with van der Waals surface area (Å²) < 4.78 is 20.2. The van der Waals surface area contributed by atoms with Crippen molar-refractivity contribution in [3.63, 3.8) is 0 Å². The van der Waals surface area contributed by atoms with E-state index in [1.165, 1.54) is 32.9 Å². The van der Waals surface area contributed by atoms with Crippen molar-refractivity contribution in [3.8, 4) is 17.2 Å². The highest BCUT2D eigenvalue weighted by Crippen LogP contribution is 2.38. The zero-order valence-electron chi connectivity index (χ0n) is 21.9. The van der Waals surface area contributed by atoms with Crippen LogP contribution in [0, 0.1) is 0 Å². The van der Waals surface area contributed by atoms with E-state index in [4.69, 9.17) is 14.2 Å². The van der Waals surface area contributed by atoms with Gasteiger partial charge in [-0.05, 0) is 24.6 Å². The number of carbonyl (C=O) groups is 1. The van der Waals surface area contributed by atoms with E-state index in [9.17, 15) is 14.4 Å². The van der Waals surface area contributed by atoms with Crippen LogP contribution in [0.2, 0.25) is 0 Å². The van der Waals surface area contributed by atoms with Crippen molar-refractivity contribution in [1.82, 2.24) is 28.9 Å². The Kier molecular flexibility index (Phi) is 9.04. The molecule has 0 atom stereocenters. The molecule has 1 N–H and O–H groups in total. The van der Waals surface area contributed by atoms with Gasteiger partial charge in [0.25, 0.3) is 11.5 Å². The number of nitrogens with zero attached hydrogens (tertiary/aromatic N) is 5. The maximum Gasteiger partial charge on any atom is 0.332 e. The number of hydrogen-bond donors (Lipinski definition) is 1. The summed E-state index contributed by atoms with van der Waals surface area (Å²) in [6.07, 6.45) is 7.99. The first kappa shape index (κ1) is 28.6. The Morgan fingerprint density at radius 1 is 1.03 bits per heavy atom. The number of benzene rings is 1. The number of carbonyl (C=O) groups excluding carboxylic acids is 1. The third kappa shape index (κ3) is 5.47. The summed E-state index contributed by atoms with van der Waals surface area (Å²) >= 11 is 0. The molecule has 4 rings (SSSR count). The van der Waals surface area contributed by atoms with Crippen molar-refractivity contribution in [2.75, 3.05) is 34.4 Å². The van der Waals surface area contributed by atoms with Crippen LogP contribution in [0.15, 0.2) is 52.1 Å². The highest BCUT2D eigenvalue weighted by molar-refractivity contribution is 5.97. The van der Waals surface area contributed by atoms with Gasteiger partial charge in [0, 0.05) is 45.5 Å². The van der Waals surface area contributed by atoms with E-state index in [0.29, 0.717) is 59.3 Å². The molecule has 1 aromatic carbocycles. The van der Waals surface area contributed by atoms with Crippen LogP contribution in [0.3, 0.4) is 0 Å². The minimum Gasteiger partial charge on any atom is -1.00 e. The second kappa shape index (κ2) is 12.0. The molecule has 0 spiro atoms. The number of ether oxygens (including phenoxy) is 3. The smallest absolute Gasteiger partial charge is 0.332 e. The van der Waals surface area contributed by atoms with Crippen LogP contribution in [0.1, 0.15) is 16.8 Å². The molecule has 0 saturated carbocycles. The summed E-state index contributed by atoms with van der Waals surface area (Å²) in [5, 5.41) is 2.91. The van der Waals surface area contributed by atoms with Crippen LogP contribution in [0.5, 0.6) is 17.2 Å². The number of methoxy groups -OCH3 is 3. The predicted octanol–water partition coefficient (Wildman–Crippen LogP) is -2.00. The maximum absolute atomic E-state index is 12.9. The molecule has 0 saturated heterocycles. The average molecular weight is 590 g/mol. The molecule has 12 nitrogen and oxygen atoms in total. The number of hydrogen-bond acceptors (Lipinski definition) is 8. The molecule has 1 aliphatic rings. The van der Waals surface area contributed by atoms with E-state index in [1.807, 2.05) is 18.4 Å². The van der Waals surface area contributed by atoms with Gasteiger partial charge in [-0.15, -0.1) is 0 Å². The van der Waals surface area contributed by atoms with Crippen LogP contribution in [0.25, 0.3) is 11.2 Å². The van der Waals surface area contributed by atoms with Crippen molar-refractivity contribution in [3.05, 3.63) is 68.9 Å². The number of fused-ring (bicyclic) bond motifs is 1. The Labute approximate surface area is 229 Å². The highest BCUT2D eigenvalue weighted by Gasteiger charge is 2.18. The van der Waals surface area contributed by atoms with Crippen molar-refractivity contribution in [2.45, 2.75) is 13.0 Å². The fraction of sp³-hybridized carbons (Fsp3) is 0.360. The lowest BCUT2D eigenvalue weighted by molar-refractivity contribution is -0.0000168. The number of rotatable bonds is 9. The Morgan fingerprint density at radius 2 is 1.71 bits per heavy atom. The summed E-state index contributed by atoms with van der Waals surface area (Å²) in [4.78, 5) is 44.0. The number of nitrogens with one attached hydrogen (secondary N) is 1. The first-order chi connectivity index (χ1) is 17.8. The third-order valence-corrected chi connectivity index (χ3v) is 6.21. The number of aryl methyl sites for hydroxylation is 2. The van der Waals surface area contributed by atoms with Crippen molar-refractivity contribution < 1.29 is 36.0 Å². The van der Waals surface area contributed by atoms with Gasteiger partial charge < -0.3 is 46.0 Å². The van der Waals surface area contributed by atoms with Gasteiger partial charge in [0.2, 0.25) is 5.75 Å². The topological polar surface area (TPSA) is 122 Å². The van der Waals surface area contributed by atoms with Crippen molar-refractivity contribution in [2.24, 2.45) is 14.1 Å². The number of amides is 1. The third-order valence-electron chi connectivity index (χ3n) is 6.21. The van der Waals surface area contributed by atoms with Gasteiger partial charge >= 0.3 is 5.69 Å². The molecule has 3 heterocycles. The first-order valence-corrected chi connectivity index (χ1v) is 11.6. The SMILES string of the molecule is COc1cc(C(=O)NC2=CN(CCCn3cnc4c3c(=O)n(C)c(=O)n4C)CC=C2)cc(OC)c1OC.[Br-]. The molecule has 0 bridgehead atoms. The lowest BCUT2D eigenvalue weighted by atomic mass is 10.1. The molecule has 2 aromatic heterocycles. The Bertz CT molecular complexity index is 1490. The van der Waals surface area contributed by atoms with Crippen LogP contribution in [-0.4, -0.2) is 63.9 Å². The van der Waals surface area contributed by atoms with Gasteiger partial charge in [-0.3, -0.25) is 18.7 Å². The van der Waals surface area contributed by atoms with E-state index in [2.05, 4.69) is 15.2 Å². The summed E-state index contributed by atoms with van der Waals surface area (Å²) in [6.45, 7) is 1.91. The average Bonchev–Trinajstić information content (AvgIpc) is 3.34. The first-order valence-electron chi connectivity index (χ1n) is 11.6. The summed E-state index contributed by atoms with van der Waals surface area (Å²) in [6, 6.07) is 3.19. The molecule has 38 heavy (non-hydrogen) atoms. The van der Waals surface area contributed by atoms with E-state index in [0.717, 1.165) is 11.0 Å². The van der Waals surface area contributed by atoms with Gasteiger partial charge in [0.1, 0.15) is 0 Å². The summed E-state index contributed by atoms with van der Waals surface area (Å²) in [5.41, 5.74) is 0.996. The quantitative estimate of drug-likeness (QED) is 0.304. The van der Waals surface area contributed by atoms with Crippen molar-refractivity contribution in [1.29, 1.82) is 0 Å². The molecule has 1 amide bonds. The highest BCUT2D eigenvalue weighted by atomic mass is 79.9. The van der Waals surface area contributed by atoms with Crippen LogP contribution >= 0.6 is 0 Å². The number of aromatic nitrogens is 4. The van der Waals surface area contributed by atoms with E-state index in [1.54, 1.807) is 30.1 Å². The summed E-state index contributed by atoms with van der Waals surface area (Å²) in [5.74, 6) is 0.881. The van der Waals surface area contributed by atoms with E-state index in [-0.39, 0.29) is 28.4 Å². The fourth-order valence-corrected chi connectivity index (χ4v) is 4.26. The number of halogens is 1. The Morgan fingerprint density at radius 3 is 2.34 bits per heavy atom. The van der Waals surface area contributed by atoms with E-state index < -0.39 is 5.69 Å². The molecule has 204 valence electrons. The molecular formula is C25H30BrN6O6-. The molecule has 0 radical (unpaired) electrons. The van der Waals surface area contributed by atoms with Gasteiger partial charge in [0.05, 0.1) is 33.4 Å². The van der Waals surface area contributed by atoms with Crippen molar-refractivity contribution >= 4 is 17.1 Å². The lowest BCUT2D eigenvalue weighted by Crippen LogP contribution is -3.00. The zero-order chi connectivity index (χ0) is 26.7. The minimum absolute atomic E-state index is 0.